The van der Waals surface area contributed by atoms with Crippen molar-refractivity contribution in [1.29, 1.82) is 0 Å². The number of esters is 1. The molecule has 0 aliphatic heterocycles. The molecule has 0 aliphatic carbocycles. The summed E-state index contributed by atoms with van der Waals surface area (Å²) in [7, 11) is 0. The molecule has 0 aliphatic rings. The van der Waals surface area contributed by atoms with Gasteiger partial charge >= 0.3 is 5.97 Å². The third kappa shape index (κ3) is 13.2. The van der Waals surface area contributed by atoms with Crippen molar-refractivity contribution in [2.75, 3.05) is 6.61 Å². The van der Waals surface area contributed by atoms with Crippen LogP contribution in [-0.2, 0) is 9.53 Å². The van der Waals surface area contributed by atoms with Gasteiger partial charge in [-0.1, -0.05) is 36.6 Å². The van der Waals surface area contributed by atoms with Crippen molar-refractivity contribution >= 4 is 5.97 Å². The van der Waals surface area contributed by atoms with Crippen molar-refractivity contribution in [3.63, 3.8) is 0 Å². The van der Waals surface area contributed by atoms with E-state index in [9.17, 15) is 4.79 Å². The third-order valence-corrected chi connectivity index (χ3v) is 3.21. The topological polar surface area (TPSA) is 26.3 Å². The minimum atomic E-state index is -0.0369. The van der Waals surface area contributed by atoms with E-state index in [-0.39, 0.29) is 5.97 Å². The van der Waals surface area contributed by atoms with E-state index in [1.165, 1.54) is 24.8 Å². The molecule has 0 fully saturated rings. The lowest BCUT2D eigenvalue weighted by Gasteiger charge is -2.04. The second-order valence-corrected chi connectivity index (χ2v) is 4.98. The van der Waals surface area contributed by atoms with Gasteiger partial charge in [0.05, 0.1) is 6.61 Å². The first-order valence-electron chi connectivity index (χ1n) is 7.59. The minimum absolute atomic E-state index is 0.0369. The van der Waals surface area contributed by atoms with Gasteiger partial charge in [0.15, 0.2) is 0 Å². The van der Waals surface area contributed by atoms with Gasteiger partial charge in [0.2, 0.25) is 0 Å². The van der Waals surface area contributed by atoms with Crippen LogP contribution in [-0.4, -0.2) is 12.6 Å². The zero-order chi connectivity index (χ0) is 14.3. The molecule has 0 saturated heterocycles. The Hall–Kier alpha value is -1.05. The van der Waals surface area contributed by atoms with Gasteiger partial charge < -0.3 is 4.74 Å². The van der Waals surface area contributed by atoms with Gasteiger partial charge in [-0.25, -0.2) is 0 Å². The molecule has 0 heterocycles. The molecule has 2 nitrogen and oxygen atoms in total. The maximum absolute atomic E-state index is 11.4. The highest BCUT2D eigenvalue weighted by Crippen LogP contribution is 2.10. The molecule has 0 aromatic carbocycles. The molecule has 0 aromatic rings. The quantitative estimate of drug-likeness (QED) is 0.292. The Kier molecular flexibility index (Phi) is 12.6. The molecule has 19 heavy (non-hydrogen) atoms. The average Bonchev–Trinajstić information content (AvgIpc) is 2.42. The number of ether oxygens (including phenoxy) is 1. The standard InChI is InChI=1S/C17H30O2/c1-4-6-7-12-15-19-17(18)14-11-9-8-10-13-16(3)5-2/h4-6H,7-15H2,1-3H3/b6-4-,16-5+. The number of carbonyl (C=O) groups excluding carboxylic acids is 1. The third-order valence-electron chi connectivity index (χ3n) is 3.21. The summed E-state index contributed by atoms with van der Waals surface area (Å²) in [5.74, 6) is -0.0369. The maximum atomic E-state index is 11.4. The Morgan fingerprint density at radius 2 is 1.68 bits per heavy atom. The summed E-state index contributed by atoms with van der Waals surface area (Å²) >= 11 is 0. The van der Waals surface area contributed by atoms with Crippen LogP contribution < -0.4 is 0 Å². The van der Waals surface area contributed by atoms with Crippen LogP contribution in [0.5, 0.6) is 0 Å². The van der Waals surface area contributed by atoms with Gasteiger partial charge in [0.1, 0.15) is 0 Å². The van der Waals surface area contributed by atoms with Crippen LogP contribution in [0.15, 0.2) is 23.8 Å². The van der Waals surface area contributed by atoms with Gasteiger partial charge in [-0.05, 0) is 52.9 Å². The van der Waals surface area contributed by atoms with E-state index in [4.69, 9.17) is 4.74 Å². The van der Waals surface area contributed by atoms with E-state index in [1.807, 2.05) is 13.0 Å². The van der Waals surface area contributed by atoms with Crippen LogP contribution in [0.1, 0.15) is 72.1 Å². The van der Waals surface area contributed by atoms with Gasteiger partial charge in [-0.15, -0.1) is 0 Å². The highest BCUT2D eigenvalue weighted by molar-refractivity contribution is 5.69. The summed E-state index contributed by atoms with van der Waals surface area (Å²) in [6.07, 6.45) is 14.5. The summed E-state index contributed by atoms with van der Waals surface area (Å²) < 4.78 is 5.17. The molecule has 2 heteroatoms. The lowest BCUT2D eigenvalue weighted by atomic mass is 10.1. The van der Waals surface area contributed by atoms with E-state index in [0.717, 1.165) is 25.7 Å². The van der Waals surface area contributed by atoms with Crippen molar-refractivity contribution in [3.8, 4) is 0 Å². The van der Waals surface area contributed by atoms with Crippen LogP contribution in [0.4, 0.5) is 0 Å². The second-order valence-electron chi connectivity index (χ2n) is 4.98. The van der Waals surface area contributed by atoms with E-state index < -0.39 is 0 Å². The van der Waals surface area contributed by atoms with Gasteiger partial charge in [0, 0.05) is 6.42 Å². The normalized spacial score (nSPS) is 12.1. The highest BCUT2D eigenvalue weighted by Gasteiger charge is 2.01. The first-order chi connectivity index (χ1) is 9.20. The molecule has 0 radical (unpaired) electrons. The number of rotatable bonds is 11. The molecule has 0 spiro atoms. The lowest BCUT2D eigenvalue weighted by Crippen LogP contribution is -2.05. The van der Waals surface area contributed by atoms with E-state index in [0.29, 0.717) is 13.0 Å². The lowest BCUT2D eigenvalue weighted by molar-refractivity contribution is -0.143. The molecule has 0 rings (SSSR count). The molecule has 0 N–H and O–H groups in total. The smallest absolute Gasteiger partial charge is 0.305 e. The Balaban J connectivity index is 3.29. The SMILES string of the molecule is C/C=C\CCCOC(=O)CCCCCC/C(C)=C/C. The van der Waals surface area contributed by atoms with Crippen molar-refractivity contribution in [1.82, 2.24) is 0 Å². The first-order valence-corrected chi connectivity index (χ1v) is 7.59. The second kappa shape index (κ2) is 13.4. The molecular weight excluding hydrogens is 236 g/mol. The highest BCUT2D eigenvalue weighted by atomic mass is 16.5. The fourth-order valence-corrected chi connectivity index (χ4v) is 1.80. The van der Waals surface area contributed by atoms with Crippen molar-refractivity contribution in [2.24, 2.45) is 0 Å². The van der Waals surface area contributed by atoms with E-state index >= 15 is 0 Å². The predicted molar refractivity (Wildman–Crippen MR) is 82.1 cm³/mol. The minimum Gasteiger partial charge on any atom is -0.466 e. The summed E-state index contributed by atoms with van der Waals surface area (Å²) in [5, 5.41) is 0. The van der Waals surface area contributed by atoms with Gasteiger partial charge in [-0.2, -0.15) is 0 Å². The Bertz CT molecular complexity index is 277. The predicted octanol–water partition coefficient (Wildman–Crippen LogP) is 5.19. The van der Waals surface area contributed by atoms with E-state index in [2.05, 4.69) is 26.0 Å². The fourth-order valence-electron chi connectivity index (χ4n) is 1.80. The fraction of sp³-hybridized carbons (Fsp3) is 0.706. The summed E-state index contributed by atoms with van der Waals surface area (Å²) in [6, 6.07) is 0. The number of allylic oxidation sites excluding steroid dienone is 4. The van der Waals surface area contributed by atoms with Crippen LogP contribution in [0.25, 0.3) is 0 Å². The maximum Gasteiger partial charge on any atom is 0.305 e. The molecule has 0 bridgehead atoms. The van der Waals surface area contributed by atoms with E-state index in [1.54, 1.807) is 0 Å². The van der Waals surface area contributed by atoms with Crippen LogP contribution >= 0.6 is 0 Å². The molecule has 0 amide bonds. The van der Waals surface area contributed by atoms with Crippen molar-refractivity contribution in [3.05, 3.63) is 23.8 Å². The monoisotopic (exact) mass is 266 g/mol. The summed E-state index contributed by atoms with van der Waals surface area (Å²) in [4.78, 5) is 11.4. The molecule has 110 valence electrons. The molecule has 0 atom stereocenters. The van der Waals surface area contributed by atoms with Crippen LogP contribution in [0.3, 0.4) is 0 Å². The Labute approximate surface area is 118 Å². The zero-order valence-corrected chi connectivity index (χ0v) is 12.9. The van der Waals surface area contributed by atoms with Gasteiger partial charge in [0.25, 0.3) is 0 Å². The molecule has 0 saturated carbocycles. The number of carbonyl (C=O) groups is 1. The Morgan fingerprint density at radius 3 is 2.32 bits per heavy atom. The zero-order valence-electron chi connectivity index (χ0n) is 12.9. The summed E-state index contributed by atoms with van der Waals surface area (Å²) in [5.41, 5.74) is 1.46. The van der Waals surface area contributed by atoms with Gasteiger partial charge in [-0.3, -0.25) is 4.79 Å². The average molecular weight is 266 g/mol. The number of hydrogen-bond donors (Lipinski definition) is 0. The summed E-state index contributed by atoms with van der Waals surface area (Å²) in [6.45, 7) is 6.82. The van der Waals surface area contributed by atoms with Crippen LogP contribution in [0, 0.1) is 0 Å². The molecule has 0 aromatic heterocycles. The van der Waals surface area contributed by atoms with Crippen LogP contribution in [0.2, 0.25) is 0 Å². The first kappa shape index (κ1) is 17.9. The largest absolute Gasteiger partial charge is 0.466 e. The van der Waals surface area contributed by atoms with Crippen molar-refractivity contribution < 1.29 is 9.53 Å². The van der Waals surface area contributed by atoms with Crippen molar-refractivity contribution in [2.45, 2.75) is 72.1 Å². The molecular formula is C17H30O2. The number of unbranched alkanes of at least 4 members (excludes halogenated alkanes) is 4. The Morgan fingerprint density at radius 1 is 1.00 bits per heavy atom. The molecule has 0 unspecified atom stereocenters. The number of hydrogen-bond acceptors (Lipinski definition) is 2.